The van der Waals surface area contributed by atoms with Gasteiger partial charge in [0.25, 0.3) is 0 Å². The van der Waals surface area contributed by atoms with Crippen LogP contribution in [0.3, 0.4) is 0 Å². The highest BCUT2D eigenvalue weighted by Gasteiger charge is 2.32. The van der Waals surface area contributed by atoms with E-state index in [2.05, 4.69) is 5.32 Å². The van der Waals surface area contributed by atoms with Crippen molar-refractivity contribution in [1.29, 1.82) is 0 Å². The molecule has 0 spiro atoms. The van der Waals surface area contributed by atoms with Crippen molar-refractivity contribution in [3.8, 4) is 0 Å². The van der Waals surface area contributed by atoms with Gasteiger partial charge >= 0.3 is 0 Å². The van der Waals surface area contributed by atoms with Gasteiger partial charge in [-0.3, -0.25) is 9.59 Å². The minimum Gasteiger partial charge on any atom is -0.352 e. The van der Waals surface area contributed by atoms with Gasteiger partial charge in [-0.05, 0) is 37.8 Å². The Balaban J connectivity index is 1.93. The Bertz CT molecular complexity index is 533. The number of nitrogens with zero attached hydrogens (tertiary/aromatic N) is 1. The predicted octanol–water partition coefficient (Wildman–Crippen LogP) is 2.40. The van der Waals surface area contributed by atoms with Gasteiger partial charge in [-0.15, -0.1) is 0 Å². The SMILES string of the molecule is CC(=O)N1CCC[C@H]1C(=O)N[C@@H](C)Cc1ccccc1Cl. The summed E-state index contributed by atoms with van der Waals surface area (Å²) in [4.78, 5) is 25.5. The second kappa shape index (κ2) is 6.94. The van der Waals surface area contributed by atoms with Crippen molar-refractivity contribution in [3.63, 3.8) is 0 Å². The number of carbonyl (C=O) groups excluding carboxylic acids is 2. The van der Waals surface area contributed by atoms with E-state index in [0.717, 1.165) is 18.4 Å². The van der Waals surface area contributed by atoms with Crippen LogP contribution in [0.15, 0.2) is 24.3 Å². The average Bonchev–Trinajstić information content (AvgIpc) is 2.91. The highest BCUT2D eigenvalue weighted by atomic mass is 35.5. The molecule has 0 radical (unpaired) electrons. The summed E-state index contributed by atoms with van der Waals surface area (Å²) >= 11 is 6.13. The van der Waals surface area contributed by atoms with Gasteiger partial charge < -0.3 is 10.2 Å². The van der Waals surface area contributed by atoms with Crippen LogP contribution in [0.4, 0.5) is 0 Å². The summed E-state index contributed by atoms with van der Waals surface area (Å²) in [5.74, 6) is -0.103. The minimum atomic E-state index is -0.323. The molecule has 2 amide bonds. The fourth-order valence-corrected chi connectivity index (χ4v) is 3.01. The van der Waals surface area contributed by atoms with Crippen molar-refractivity contribution in [2.45, 2.75) is 45.2 Å². The van der Waals surface area contributed by atoms with Gasteiger partial charge in [0.05, 0.1) is 0 Å². The Morgan fingerprint density at radius 1 is 1.43 bits per heavy atom. The number of benzene rings is 1. The van der Waals surface area contributed by atoms with Crippen molar-refractivity contribution in [2.75, 3.05) is 6.54 Å². The molecule has 0 aromatic heterocycles. The largest absolute Gasteiger partial charge is 0.352 e. The zero-order chi connectivity index (χ0) is 15.4. The van der Waals surface area contributed by atoms with Gasteiger partial charge in [-0.2, -0.15) is 0 Å². The Labute approximate surface area is 130 Å². The molecule has 114 valence electrons. The van der Waals surface area contributed by atoms with E-state index in [1.807, 2.05) is 31.2 Å². The van der Waals surface area contributed by atoms with Gasteiger partial charge in [0, 0.05) is 24.5 Å². The Kier molecular flexibility index (Phi) is 5.23. The highest BCUT2D eigenvalue weighted by molar-refractivity contribution is 6.31. The lowest BCUT2D eigenvalue weighted by molar-refractivity contribution is -0.137. The van der Waals surface area contributed by atoms with Crippen LogP contribution in [-0.2, 0) is 16.0 Å². The summed E-state index contributed by atoms with van der Waals surface area (Å²) in [7, 11) is 0. The molecular weight excluding hydrogens is 288 g/mol. The minimum absolute atomic E-state index is 0.0215. The lowest BCUT2D eigenvalue weighted by atomic mass is 10.1. The van der Waals surface area contributed by atoms with E-state index in [0.29, 0.717) is 18.0 Å². The predicted molar refractivity (Wildman–Crippen MR) is 83.2 cm³/mol. The number of hydrogen-bond acceptors (Lipinski definition) is 2. The van der Waals surface area contributed by atoms with E-state index in [9.17, 15) is 9.59 Å². The molecule has 0 bridgehead atoms. The van der Waals surface area contributed by atoms with Crippen LogP contribution in [-0.4, -0.2) is 35.3 Å². The summed E-state index contributed by atoms with van der Waals surface area (Å²) in [5.41, 5.74) is 1.02. The van der Waals surface area contributed by atoms with Crippen LogP contribution in [0.5, 0.6) is 0 Å². The summed E-state index contributed by atoms with van der Waals surface area (Å²) in [6.45, 7) is 4.14. The first kappa shape index (κ1) is 15.8. The van der Waals surface area contributed by atoms with Crippen molar-refractivity contribution >= 4 is 23.4 Å². The molecule has 0 aliphatic carbocycles. The third kappa shape index (κ3) is 3.97. The molecule has 5 heteroatoms. The molecule has 4 nitrogen and oxygen atoms in total. The van der Waals surface area contributed by atoms with Gasteiger partial charge in [0.15, 0.2) is 0 Å². The molecule has 1 aliphatic heterocycles. The van der Waals surface area contributed by atoms with Crippen molar-refractivity contribution < 1.29 is 9.59 Å². The smallest absolute Gasteiger partial charge is 0.243 e. The van der Waals surface area contributed by atoms with Crippen molar-refractivity contribution in [1.82, 2.24) is 10.2 Å². The fourth-order valence-electron chi connectivity index (χ4n) is 2.80. The van der Waals surface area contributed by atoms with Crippen LogP contribution < -0.4 is 5.32 Å². The molecule has 21 heavy (non-hydrogen) atoms. The molecule has 1 heterocycles. The van der Waals surface area contributed by atoms with Crippen LogP contribution in [0.2, 0.25) is 5.02 Å². The summed E-state index contributed by atoms with van der Waals surface area (Å²) in [6.07, 6.45) is 2.30. The van der Waals surface area contributed by atoms with E-state index >= 15 is 0 Å². The van der Waals surface area contributed by atoms with Crippen molar-refractivity contribution in [3.05, 3.63) is 34.9 Å². The number of hydrogen-bond donors (Lipinski definition) is 1. The first-order valence-electron chi connectivity index (χ1n) is 7.30. The number of halogens is 1. The monoisotopic (exact) mass is 308 g/mol. The zero-order valence-corrected chi connectivity index (χ0v) is 13.2. The molecule has 1 N–H and O–H groups in total. The number of likely N-dealkylation sites (tertiary alicyclic amines) is 1. The van der Waals surface area contributed by atoms with Gasteiger partial charge in [-0.25, -0.2) is 0 Å². The van der Waals surface area contributed by atoms with Crippen LogP contribution in [0.1, 0.15) is 32.3 Å². The second-order valence-electron chi connectivity index (χ2n) is 5.58. The number of nitrogens with one attached hydrogen (secondary N) is 1. The molecule has 1 aliphatic rings. The zero-order valence-electron chi connectivity index (χ0n) is 12.4. The number of rotatable bonds is 4. The van der Waals surface area contributed by atoms with Gasteiger partial charge in [-0.1, -0.05) is 29.8 Å². The summed E-state index contributed by atoms with van der Waals surface area (Å²) < 4.78 is 0. The number of carbonyl (C=O) groups is 2. The maximum atomic E-state index is 12.3. The molecule has 1 fully saturated rings. The van der Waals surface area contributed by atoms with Crippen molar-refractivity contribution in [2.24, 2.45) is 0 Å². The number of amides is 2. The fraction of sp³-hybridized carbons (Fsp3) is 0.500. The normalized spacial score (nSPS) is 19.4. The average molecular weight is 309 g/mol. The molecule has 2 rings (SSSR count). The third-order valence-electron chi connectivity index (χ3n) is 3.83. The second-order valence-corrected chi connectivity index (χ2v) is 5.98. The molecule has 1 saturated heterocycles. The quantitative estimate of drug-likeness (QED) is 0.928. The van der Waals surface area contributed by atoms with Crippen LogP contribution in [0.25, 0.3) is 0 Å². The molecule has 1 aromatic rings. The first-order valence-corrected chi connectivity index (χ1v) is 7.68. The molecule has 2 atom stereocenters. The van der Waals surface area contributed by atoms with E-state index in [1.165, 1.54) is 6.92 Å². The summed E-state index contributed by atoms with van der Waals surface area (Å²) in [5, 5.41) is 3.70. The molecule has 1 aromatic carbocycles. The highest BCUT2D eigenvalue weighted by Crippen LogP contribution is 2.19. The van der Waals surface area contributed by atoms with Gasteiger partial charge in [0.2, 0.25) is 11.8 Å². The maximum Gasteiger partial charge on any atom is 0.243 e. The van der Waals surface area contributed by atoms with E-state index in [1.54, 1.807) is 4.90 Å². The summed E-state index contributed by atoms with van der Waals surface area (Å²) in [6, 6.07) is 7.29. The lowest BCUT2D eigenvalue weighted by Crippen LogP contribution is -2.48. The molecule has 0 saturated carbocycles. The Morgan fingerprint density at radius 3 is 2.81 bits per heavy atom. The maximum absolute atomic E-state index is 12.3. The van der Waals surface area contributed by atoms with Crippen LogP contribution >= 0.6 is 11.6 Å². The third-order valence-corrected chi connectivity index (χ3v) is 4.20. The topological polar surface area (TPSA) is 49.4 Å². The molecule has 0 unspecified atom stereocenters. The Hall–Kier alpha value is -1.55. The van der Waals surface area contributed by atoms with E-state index < -0.39 is 0 Å². The van der Waals surface area contributed by atoms with E-state index in [4.69, 9.17) is 11.6 Å². The van der Waals surface area contributed by atoms with Gasteiger partial charge in [0.1, 0.15) is 6.04 Å². The van der Waals surface area contributed by atoms with Crippen LogP contribution in [0, 0.1) is 0 Å². The lowest BCUT2D eigenvalue weighted by Gasteiger charge is -2.24. The first-order chi connectivity index (χ1) is 9.99. The molecular formula is C16H21ClN2O2. The van der Waals surface area contributed by atoms with E-state index in [-0.39, 0.29) is 23.9 Å². The Morgan fingerprint density at radius 2 is 2.14 bits per heavy atom. The standard InChI is InChI=1S/C16H21ClN2O2/c1-11(10-13-6-3-4-7-14(13)17)18-16(21)15-8-5-9-19(15)12(2)20/h3-4,6-7,11,15H,5,8-10H2,1-2H3,(H,18,21)/t11-,15-/m0/s1.